The Kier molecular flexibility index (Phi) is 4.54. The number of thiazole rings is 1. The minimum Gasteiger partial charge on any atom is -0.316 e. The van der Waals surface area contributed by atoms with Gasteiger partial charge in [-0.2, -0.15) is 0 Å². The standard InChI is InChI=1S/C13H23N3S/c1-9(13-10(2)16-11(3)17-13)15-8-12-5-4-6-14-7-12/h9,12,14-15H,4-8H2,1-3H3. The molecule has 0 saturated carbocycles. The maximum Gasteiger partial charge on any atom is 0.0900 e. The van der Waals surface area contributed by atoms with Gasteiger partial charge in [-0.15, -0.1) is 11.3 Å². The Bertz CT molecular complexity index is 356. The smallest absolute Gasteiger partial charge is 0.0900 e. The zero-order valence-corrected chi connectivity index (χ0v) is 11.9. The second-order valence-corrected chi connectivity index (χ2v) is 6.26. The normalized spacial score (nSPS) is 22.6. The fourth-order valence-corrected chi connectivity index (χ4v) is 3.44. The van der Waals surface area contributed by atoms with Crippen molar-refractivity contribution in [2.45, 2.75) is 39.7 Å². The average Bonchev–Trinajstić information content (AvgIpc) is 2.67. The van der Waals surface area contributed by atoms with Crippen LogP contribution in [0.2, 0.25) is 0 Å². The number of aryl methyl sites for hydroxylation is 2. The number of nitrogens with zero attached hydrogens (tertiary/aromatic N) is 1. The molecule has 96 valence electrons. The van der Waals surface area contributed by atoms with Crippen molar-refractivity contribution in [3.05, 3.63) is 15.6 Å². The van der Waals surface area contributed by atoms with Crippen LogP contribution in [0.5, 0.6) is 0 Å². The highest BCUT2D eigenvalue weighted by atomic mass is 32.1. The summed E-state index contributed by atoms with van der Waals surface area (Å²) in [5.41, 5.74) is 1.19. The molecule has 0 aliphatic carbocycles. The summed E-state index contributed by atoms with van der Waals surface area (Å²) in [6.07, 6.45) is 2.67. The van der Waals surface area contributed by atoms with E-state index in [1.54, 1.807) is 0 Å². The summed E-state index contributed by atoms with van der Waals surface area (Å²) in [4.78, 5) is 5.89. The second-order valence-electron chi connectivity index (χ2n) is 5.02. The second kappa shape index (κ2) is 5.94. The number of hydrogen-bond donors (Lipinski definition) is 2. The molecule has 2 heterocycles. The van der Waals surface area contributed by atoms with Gasteiger partial charge in [0.1, 0.15) is 0 Å². The molecule has 2 N–H and O–H groups in total. The summed E-state index contributed by atoms with van der Waals surface area (Å²) < 4.78 is 0. The van der Waals surface area contributed by atoms with E-state index in [4.69, 9.17) is 0 Å². The van der Waals surface area contributed by atoms with Gasteiger partial charge in [0.25, 0.3) is 0 Å². The number of aromatic nitrogens is 1. The Labute approximate surface area is 108 Å². The van der Waals surface area contributed by atoms with E-state index in [9.17, 15) is 0 Å². The first-order valence-corrected chi connectivity index (χ1v) is 7.36. The van der Waals surface area contributed by atoms with Crippen LogP contribution in [0.25, 0.3) is 0 Å². The maximum atomic E-state index is 4.49. The third-order valence-corrected chi connectivity index (χ3v) is 4.70. The predicted octanol–water partition coefficient (Wildman–Crippen LogP) is 2.41. The summed E-state index contributed by atoms with van der Waals surface area (Å²) in [6.45, 7) is 9.92. The van der Waals surface area contributed by atoms with E-state index < -0.39 is 0 Å². The van der Waals surface area contributed by atoms with Gasteiger partial charge >= 0.3 is 0 Å². The molecule has 0 bridgehead atoms. The molecule has 0 aromatic carbocycles. The highest BCUT2D eigenvalue weighted by molar-refractivity contribution is 7.11. The highest BCUT2D eigenvalue weighted by Gasteiger charge is 2.16. The number of nitrogens with one attached hydrogen (secondary N) is 2. The summed E-state index contributed by atoms with van der Waals surface area (Å²) >= 11 is 1.82. The lowest BCUT2D eigenvalue weighted by Crippen LogP contribution is -2.36. The quantitative estimate of drug-likeness (QED) is 0.865. The third kappa shape index (κ3) is 3.50. The molecule has 0 spiro atoms. The zero-order valence-electron chi connectivity index (χ0n) is 11.0. The van der Waals surface area contributed by atoms with E-state index in [1.165, 1.54) is 41.5 Å². The fourth-order valence-electron chi connectivity index (χ4n) is 2.48. The molecule has 0 radical (unpaired) electrons. The molecule has 3 nitrogen and oxygen atoms in total. The van der Waals surface area contributed by atoms with Crippen LogP contribution >= 0.6 is 11.3 Å². The van der Waals surface area contributed by atoms with Crippen LogP contribution in [0.4, 0.5) is 0 Å². The van der Waals surface area contributed by atoms with E-state index >= 15 is 0 Å². The van der Waals surface area contributed by atoms with Crippen molar-refractivity contribution >= 4 is 11.3 Å². The lowest BCUT2D eigenvalue weighted by atomic mass is 9.99. The summed E-state index contributed by atoms with van der Waals surface area (Å²) in [5, 5.41) is 8.29. The molecule has 1 aliphatic heterocycles. The molecule has 1 aromatic heterocycles. The summed E-state index contributed by atoms with van der Waals surface area (Å²) in [6, 6.07) is 0.433. The number of hydrogen-bond acceptors (Lipinski definition) is 4. The first-order valence-electron chi connectivity index (χ1n) is 6.55. The Hall–Kier alpha value is -0.450. The van der Waals surface area contributed by atoms with E-state index in [-0.39, 0.29) is 0 Å². The van der Waals surface area contributed by atoms with Crippen LogP contribution in [-0.4, -0.2) is 24.6 Å². The molecule has 0 amide bonds. The summed E-state index contributed by atoms with van der Waals surface area (Å²) in [5.74, 6) is 0.792. The minimum absolute atomic E-state index is 0.433. The van der Waals surface area contributed by atoms with Gasteiger partial charge in [0.2, 0.25) is 0 Å². The first-order chi connectivity index (χ1) is 8.16. The maximum absolute atomic E-state index is 4.49. The van der Waals surface area contributed by atoms with Crippen LogP contribution < -0.4 is 10.6 Å². The van der Waals surface area contributed by atoms with Crippen molar-refractivity contribution in [3.63, 3.8) is 0 Å². The van der Waals surface area contributed by atoms with Gasteiger partial charge in [-0.3, -0.25) is 0 Å². The molecule has 2 rings (SSSR count). The van der Waals surface area contributed by atoms with Gasteiger partial charge in [-0.05, 0) is 59.2 Å². The van der Waals surface area contributed by atoms with Crippen LogP contribution in [0.15, 0.2) is 0 Å². The largest absolute Gasteiger partial charge is 0.316 e. The van der Waals surface area contributed by atoms with Gasteiger partial charge < -0.3 is 10.6 Å². The molecule has 2 unspecified atom stereocenters. The van der Waals surface area contributed by atoms with Gasteiger partial charge in [0.15, 0.2) is 0 Å². The van der Waals surface area contributed by atoms with Gasteiger partial charge in [0.05, 0.1) is 10.7 Å². The molecule has 1 aromatic rings. The topological polar surface area (TPSA) is 37.0 Å². The van der Waals surface area contributed by atoms with E-state index in [2.05, 4.69) is 36.4 Å². The van der Waals surface area contributed by atoms with E-state index in [1.807, 2.05) is 11.3 Å². The van der Waals surface area contributed by atoms with Gasteiger partial charge in [0, 0.05) is 10.9 Å². The molecule has 1 saturated heterocycles. The van der Waals surface area contributed by atoms with Crippen molar-refractivity contribution in [2.75, 3.05) is 19.6 Å². The molecular formula is C13H23N3S. The molecule has 1 aliphatic rings. The Balaban J connectivity index is 1.84. The van der Waals surface area contributed by atoms with Crippen LogP contribution in [0, 0.1) is 19.8 Å². The monoisotopic (exact) mass is 253 g/mol. The first kappa shape index (κ1) is 13.0. The van der Waals surface area contributed by atoms with Crippen molar-refractivity contribution < 1.29 is 0 Å². The fraction of sp³-hybridized carbons (Fsp3) is 0.769. The molecule has 2 atom stereocenters. The molecular weight excluding hydrogens is 230 g/mol. The van der Waals surface area contributed by atoms with E-state index in [0.29, 0.717) is 6.04 Å². The highest BCUT2D eigenvalue weighted by Crippen LogP contribution is 2.24. The zero-order chi connectivity index (χ0) is 12.3. The van der Waals surface area contributed by atoms with Crippen molar-refractivity contribution in [1.82, 2.24) is 15.6 Å². The van der Waals surface area contributed by atoms with Crippen molar-refractivity contribution in [1.29, 1.82) is 0 Å². The van der Waals surface area contributed by atoms with Crippen molar-refractivity contribution in [3.8, 4) is 0 Å². The third-order valence-electron chi connectivity index (χ3n) is 3.44. The SMILES string of the molecule is Cc1nc(C)c(C(C)NCC2CCCNC2)s1. The lowest BCUT2D eigenvalue weighted by molar-refractivity contribution is 0.349. The minimum atomic E-state index is 0.433. The Morgan fingerprint density at radius 1 is 1.53 bits per heavy atom. The Morgan fingerprint density at radius 3 is 2.94 bits per heavy atom. The van der Waals surface area contributed by atoms with Crippen LogP contribution in [0.3, 0.4) is 0 Å². The van der Waals surface area contributed by atoms with Crippen LogP contribution in [-0.2, 0) is 0 Å². The molecule has 4 heteroatoms. The van der Waals surface area contributed by atoms with E-state index in [0.717, 1.165) is 12.5 Å². The number of rotatable bonds is 4. The van der Waals surface area contributed by atoms with Crippen LogP contribution in [0.1, 0.15) is 41.4 Å². The van der Waals surface area contributed by atoms with Gasteiger partial charge in [-0.25, -0.2) is 4.98 Å². The number of piperidine rings is 1. The average molecular weight is 253 g/mol. The van der Waals surface area contributed by atoms with Gasteiger partial charge in [-0.1, -0.05) is 0 Å². The lowest BCUT2D eigenvalue weighted by Gasteiger charge is -2.24. The Morgan fingerprint density at radius 2 is 2.35 bits per heavy atom. The summed E-state index contributed by atoms with van der Waals surface area (Å²) in [7, 11) is 0. The van der Waals surface area contributed by atoms with Crippen molar-refractivity contribution in [2.24, 2.45) is 5.92 Å². The molecule has 17 heavy (non-hydrogen) atoms. The predicted molar refractivity (Wildman–Crippen MR) is 73.6 cm³/mol. The molecule has 1 fully saturated rings.